The van der Waals surface area contributed by atoms with Crippen LogP contribution in [0.15, 0.2) is 83.8 Å². The quantitative estimate of drug-likeness (QED) is 0.196. The monoisotopic (exact) mass is 637 g/mol. The van der Waals surface area contributed by atoms with Crippen LogP contribution in [0.2, 0.25) is 0 Å². The molecule has 9 nitrogen and oxygen atoms in total. The molecular formula is C35H43NO8S. The Morgan fingerprint density at radius 2 is 1.33 bits per heavy atom. The van der Waals surface area contributed by atoms with E-state index in [-0.39, 0.29) is 18.1 Å². The maximum absolute atomic E-state index is 14.9. The molecule has 0 spiro atoms. The Labute approximate surface area is 266 Å². The maximum Gasteiger partial charge on any atom is 0.342 e. The maximum atomic E-state index is 14.9. The van der Waals surface area contributed by atoms with Gasteiger partial charge in [-0.3, -0.25) is 0 Å². The summed E-state index contributed by atoms with van der Waals surface area (Å²) < 4.78 is 54.3. The molecule has 3 aromatic carbocycles. The van der Waals surface area contributed by atoms with Crippen LogP contribution in [0.1, 0.15) is 70.6 Å². The number of hydrogen-bond acceptors (Lipinski definition) is 8. The van der Waals surface area contributed by atoms with Crippen molar-refractivity contribution < 1.29 is 37.0 Å². The Bertz CT molecular complexity index is 1580. The second kappa shape index (κ2) is 12.9. The highest BCUT2D eigenvalue weighted by Crippen LogP contribution is 2.54. The van der Waals surface area contributed by atoms with E-state index < -0.39 is 50.7 Å². The second-order valence-electron chi connectivity index (χ2n) is 13.7. The number of carbonyl (C=O) groups is 2. The molecule has 4 rings (SSSR count). The average molecular weight is 638 g/mol. The Morgan fingerprint density at radius 1 is 0.800 bits per heavy atom. The van der Waals surface area contributed by atoms with Crippen LogP contribution in [0.25, 0.3) is 0 Å². The van der Waals surface area contributed by atoms with Gasteiger partial charge in [0.2, 0.25) is 10.0 Å². The van der Waals surface area contributed by atoms with Crippen molar-refractivity contribution in [1.29, 1.82) is 0 Å². The van der Waals surface area contributed by atoms with Crippen LogP contribution in [0, 0.1) is 17.8 Å². The van der Waals surface area contributed by atoms with Gasteiger partial charge in [0, 0.05) is 0 Å². The molecule has 3 aromatic rings. The highest BCUT2D eigenvalue weighted by molar-refractivity contribution is 7.89. The summed E-state index contributed by atoms with van der Waals surface area (Å²) >= 11 is 0. The smallest absolute Gasteiger partial charge is 0.342 e. The molecule has 1 aliphatic heterocycles. The summed E-state index contributed by atoms with van der Waals surface area (Å²) in [6.45, 7) is 12.8. The molecule has 0 unspecified atom stereocenters. The number of methoxy groups -OCH3 is 1. The first-order chi connectivity index (χ1) is 21.0. The molecule has 1 fully saturated rings. The third-order valence-corrected chi connectivity index (χ3v) is 9.02. The van der Waals surface area contributed by atoms with E-state index in [9.17, 15) is 18.0 Å². The van der Waals surface area contributed by atoms with E-state index in [4.69, 9.17) is 18.9 Å². The number of carbonyl (C=O) groups excluding carboxylic acids is 2. The number of sulfonamides is 1. The molecular weight excluding hydrogens is 594 g/mol. The van der Waals surface area contributed by atoms with E-state index in [1.165, 1.54) is 19.2 Å². The van der Waals surface area contributed by atoms with Gasteiger partial charge in [-0.15, -0.1) is 4.31 Å². The molecule has 1 heterocycles. The van der Waals surface area contributed by atoms with E-state index in [1.807, 2.05) is 48.5 Å². The minimum atomic E-state index is -4.64. The molecule has 0 radical (unpaired) electrons. The van der Waals surface area contributed by atoms with Crippen LogP contribution in [0.3, 0.4) is 0 Å². The van der Waals surface area contributed by atoms with Crippen molar-refractivity contribution in [3.63, 3.8) is 0 Å². The molecule has 0 bridgehead atoms. The zero-order valence-electron chi connectivity index (χ0n) is 27.2. The third kappa shape index (κ3) is 7.24. The molecule has 1 aliphatic rings. The largest absolute Gasteiger partial charge is 0.497 e. The number of benzene rings is 3. The van der Waals surface area contributed by atoms with Crippen LogP contribution in [-0.2, 0) is 33.8 Å². The predicted molar refractivity (Wildman–Crippen MR) is 170 cm³/mol. The lowest BCUT2D eigenvalue weighted by atomic mass is 9.87. The van der Waals surface area contributed by atoms with Crippen LogP contribution in [0.5, 0.6) is 5.75 Å². The van der Waals surface area contributed by atoms with Gasteiger partial charge in [-0.1, -0.05) is 102 Å². The summed E-state index contributed by atoms with van der Waals surface area (Å²) in [6.07, 6.45) is -2.88. The molecule has 0 saturated carbocycles. The van der Waals surface area contributed by atoms with Gasteiger partial charge >= 0.3 is 11.9 Å². The minimum absolute atomic E-state index is 0.0978. The molecule has 0 amide bonds. The van der Waals surface area contributed by atoms with Crippen LogP contribution in [-0.4, -0.2) is 50.5 Å². The lowest BCUT2D eigenvalue weighted by molar-refractivity contribution is -0.176. The van der Waals surface area contributed by atoms with Crippen molar-refractivity contribution in [3.8, 4) is 5.75 Å². The highest BCUT2D eigenvalue weighted by Gasteiger charge is 2.71. The Balaban J connectivity index is 2.09. The fourth-order valence-electron chi connectivity index (χ4n) is 4.94. The first-order valence-electron chi connectivity index (χ1n) is 14.8. The Kier molecular flexibility index (Phi) is 9.82. The van der Waals surface area contributed by atoms with Gasteiger partial charge in [0.05, 0.1) is 25.2 Å². The van der Waals surface area contributed by atoms with Gasteiger partial charge in [-0.05, 0) is 53.1 Å². The minimum Gasteiger partial charge on any atom is -0.497 e. The normalized spacial score (nSPS) is 18.8. The van der Waals surface area contributed by atoms with E-state index in [1.54, 1.807) is 66.7 Å². The number of nitrogens with zero attached hydrogens (tertiary/aromatic N) is 1. The van der Waals surface area contributed by atoms with Crippen molar-refractivity contribution in [1.82, 2.24) is 4.31 Å². The lowest BCUT2D eigenvalue weighted by Crippen LogP contribution is -2.63. The molecule has 45 heavy (non-hydrogen) atoms. The van der Waals surface area contributed by atoms with Gasteiger partial charge < -0.3 is 18.9 Å². The van der Waals surface area contributed by atoms with Crippen molar-refractivity contribution in [2.75, 3.05) is 20.3 Å². The fourth-order valence-corrected chi connectivity index (χ4v) is 6.69. The zero-order valence-corrected chi connectivity index (χ0v) is 28.0. The number of hydrogen-bond donors (Lipinski definition) is 0. The van der Waals surface area contributed by atoms with E-state index in [0.717, 1.165) is 9.87 Å². The molecule has 2 atom stereocenters. The van der Waals surface area contributed by atoms with Gasteiger partial charge in [0.15, 0.2) is 6.23 Å². The molecule has 0 N–H and O–H groups in total. The average Bonchev–Trinajstić information content (AvgIpc) is 3.37. The first kappa shape index (κ1) is 34.1. The highest BCUT2D eigenvalue weighted by atomic mass is 32.2. The fraction of sp³-hybridized carbons (Fsp3) is 0.429. The molecule has 0 aromatic heterocycles. The lowest BCUT2D eigenvalue weighted by Gasteiger charge is -2.37. The van der Waals surface area contributed by atoms with Crippen molar-refractivity contribution >= 4 is 22.0 Å². The summed E-state index contributed by atoms with van der Waals surface area (Å²) in [5.41, 5.74) is -2.05. The molecule has 0 aliphatic carbocycles. The summed E-state index contributed by atoms with van der Waals surface area (Å²) in [5, 5.41) is 0. The van der Waals surface area contributed by atoms with Gasteiger partial charge in [0.1, 0.15) is 11.9 Å². The Morgan fingerprint density at radius 3 is 1.84 bits per heavy atom. The van der Waals surface area contributed by atoms with Gasteiger partial charge in [-0.25, -0.2) is 18.0 Å². The van der Waals surface area contributed by atoms with Crippen molar-refractivity contribution in [2.24, 2.45) is 10.8 Å². The Hall–Kier alpha value is -3.73. The van der Waals surface area contributed by atoms with E-state index in [0.29, 0.717) is 16.9 Å². The topological polar surface area (TPSA) is 108 Å². The van der Waals surface area contributed by atoms with Gasteiger partial charge in [-0.2, -0.15) is 0 Å². The van der Waals surface area contributed by atoms with Crippen LogP contribution >= 0.6 is 0 Å². The number of esters is 2. The first-order valence-corrected chi connectivity index (χ1v) is 16.2. The second-order valence-corrected chi connectivity index (χ2v) is 15.5. The summed E-state index contributed by atoms with van der Waals surface area (Å²) in [7, 11) is -3.16. The number of ether oxygens (including phenoxy) is 4. The van der Waals surface area contributed by atoms with Gasteiger partial charge in [0.25, 0.3) is 5.54 Å². The van der Waals surface area contributed by atoms with E-state index >= 15 is 0 Å². The SMILES string of the molecule is COc1cccc([C@H]2O[C@@H](c3ccccc3)N(S(=O)(=O)c3ccc(C)cc3)C2(C(=O)OCC(C)(C)C)C(=O)OCC(C)(C)C)c1. The molecule has 10 heteroatoms. The van der Waals surface area contributed by atoms with E-state index in [2.05, 4.69) is 0 Å². The predicted octanol–water partition coefficient (Wildman–Crippen LogP) is 6.38. The summed E-state index contributed by atoms with van der Waals surface area (Å²) in [6, 6.07) is 21.4. The van der Waals surface area contributed by atoms with Crippen LogP contribution < -0.4 is 4.74 Å². The van der Waals surface area contributed by atoms with Crippen LogP contribution in [0.4, 0.5) is 0 Å². The summed E-state index contributed by atoms with van der Waals surface area (Å²) in [4.78, 5) is 29.3. The van der Waals surface area contributed by atoms with Crippen molar-refractivity contribution in [3.05, 3.63) is 95.6 Å². The number of aryl methyl sites for hydroxylation is 1. The standard InChI is InChI=1S/C35H43NO8S/c1-24-17-19-28(20-18-24)45(39,40)36-30(25-13-10-9-11-14-25)44-29(26-15-12-16-27(21-26)41-8)35(36,31(37)42-22-33(2,3)4)32(38)43-23-34(5,6)7/h9-21,29-30H,22-23H2,1-8H3/t29-,30+/m1/s1. The molecule has 1 saturated heterocycles. The molecule has 242 valence electrons. The van der Waals surface area contributed by atoms with Crippen molar-refractivity contribution in [2.45, 2.75) is 71.2 Å². The third-order valence-electron chi connectivity index (χ3n) is 7.16. The number of rotatable bonds is 9. The zero-order chi connectivity index (χ0) is 33.2. The summed E-state index contributed by atoms with van der Waals surface area (Å²) in [5.74, 6) is -1.77.